The maximum absolute atomic E-state index is 10.2. The zero-order chi connectivity index (χ0) is 29.1. The number of benzene rings is 4. The van der Waals surface area contributed by atoms with Crippen LogP contribution in [-0.2, 0) is 10.8 Å². The quantitative estimate of drug-likeness (QED) is 0.163. The molecule has 0 unspecified atom stereocenters. The highest BCUT2D eigenvalue weighted by Gasteiger charge is 2.46. The average molecular weight is 539 g/mol. The second kappa shape index (κ2) is 11.3. The average Bonchev–Trinajstić information content (AvgIpc) is 2.89. The summed E-state index contributed by atoms with van der Waals surface area (Å²) in [4.78, 5) is 0. The van der Waals surface area contributed by atoms with E-state index in [4.69, 9.17) is 0 Å². The lowest BCUT2D eigenvalue weighted by Crippen LogP contribution is -2.41. The lowest BCUT2D eigenvalue weighted by molar-refractivity contribution is 0.192. The SMILES string of the molecule is CC(C)CC(C)(C)CC(CC(C)(c1ccc(O)cc1)c1ccc(O)cc1)(c1ccc(O)cc1)c1ccc(O)cc1. The number of phenols is 4. The Bertz CT molecular complexity index is 1290. The van der Waals surface area contributed by atoms with Crippen LogP contribution in [0.3, 0.4) is 0 Å². The first-order valence-corrected chi connectivity index (χ1v) is 14.0. The minimum atomic E-state index is -0.537. The first kappa shape index (κ1) is 29.1. The van der Waals surface area contributed by atoms with Crippen molar-refractivity contribution in [1.29, 1.82) is 0 Å². The third-order valence-corrected chi connectivity index (χ3v) is 8.25. The number of hydrogen-bond donors (Lipinski definition) is 4. The zero-order valence-corrected chi connectivity index (χ0v) is 24.2. The van der Waals surface area contributed by atoms with Gasteiger partial charge in [-0.15, -0.1) is 0 Å². The van der Waals surface area contributed by atoms with Crippen molar-refractivity contribution in [3.05, 3.63) is 119 Å². The van der Waals surface area contributed by atoms with Gasteiger partial charge in [0.05, 0.1) is 0 Å². The molecule has 0 amide bonds. The second-order valence-corrected chi connectivity index (χ2v) is 12.7. The van der Waals surface area contributed by atoms with E-state index in [-0.39, 0.29) is 28.4 Å². The topological polar surface area (TPSA) is 80.9 Å². The summed E-state index contributed by atoms with van der Waals surface area (Å²) in [5.41, 5.74) is 3.14. The lowest BCUT2D eigenvalue weighted by Gasteiger charge is -2.47. The van der Waals surface area contributed by atoms with Crippen molar-refractivity contribution in [3.8, 4) is 23.0 Å². The van der Waals surface area contributed by atoms with Crippen LogP contribution >= 0.6 is 0 Å². The minimum Gasteiger partial charge on any atom is -0.508 e. The van der Waals surface area contributed by atoms with E-state index in [0.717, 1.165) is 35.1 Å². The monoisotopic (exact) mass is 538 g/mol. The smallest absolute Gasteiger partial charge is 0.115 e. The van der Waals surface area contributed by atoms with Crippen LogP contribution in [-0.4, -0.2) is 20.4 Å². The maximum atomic E-state index is 10.2. The van der Waals surface area contributed by atoms with Crippen LogP contribution in [0.2, 0.25) is 0 Å². The molecule has 0 aliphatic rings. The number of hydrogen-bond acceptors (Lipinski definition) is 4. The van der Waals surface area contributed by atoms with E-state index in [0.29, 0.717) is 12.3 Å². The minimum absolute atomic E-state index is 0.0469. The van der Waals surface area contributed by atoms with E-state index in [2.05, 4.69) is 34.6 Å². The van der Waals surface area contributed by atoms with E-state index in [1.165, 1.54) is 0 Å². The maximum Gasteiger partial charge on any atom is 0.115 e. The molecule has 210 valence electrons. The normalized spacial score (nSPS) is 12.6. The van der Waals surface area contributed by atoms with Crippen LogP contribution in [0.4, 0.5) is 0 Å². The Morgan fingerprint density at radius 2 is 0.775 bits per heavy atom. The molecule has 4 rings (SSSR count). The van der Waals surface area contributed by atoms with Gasteiger partial charge in [-0.05, 0) is 101 Å². The predicted octanol–water partition coefficient (Wildman–Crippen LogP) is 8.65. The largest absolute Gasteiger partial charge is 0.508 e. The van der Waals surface area contributed by atoms with E-state index >= 15 is 0 Å². The van der Waals surface area contributed by atoms with Gasteiger partial charge in [0, 0.05) is 10.8 Å². The van der Waals surface area contributed by atoms with Crippen molar-refractivity contribution in [1.82, 2.24) is 0 Å². The van der Waals surface area contributed by atoms with Crippen LogP contribution in [0.5, 0.6) is 23.0 Å². The summed E-state index contributed by atoms with van der Waals surface area (Å²) in [6.07, 6.45) is 2.51. The van der Waals surface area contributed by atoms with Gasteiger partial charge in [0.15, 0.2) is 0 Å². The number of aromatic hydroxyl groups is 4. The molecule has 4 aromatic rings. The first-order valence-electron chi connectivity index (χ1n) is 14.0. The zero-order valence-electron chi connectivity index (χ0n) is 24.2. The fourth-order valence-electron chi connectivity index (χ4n) is 6.83. The standard InChI is InChI=1S/C36H42O4/c1-25(2)22-34(3,4)23-36(28-10-18-32(39)19-11-28,29-12-20-33(40)21-13-29)24-35(5,26-6-14-30(37)15-7-26)27-8-16-31(38)17-9-27/h6-21,25,37-40H,22-24H2,1-5H3. The molecule has 0 saturated heterocycles. The molecule has 4 aromatic carbocycles. The van der Waals surface area contributed by atoms with E-state index in [9.17, 15) is 20.4 Å². The Kier molecular flexibility index (Phi) is 8.20. The summed E-state index contributed by atoms with van der Waals surface area (Å²) >= 11 is 0. The molecule has 0 atom stereocenters. The van der Waals surface area contributed by atoms with Crippen molar-refractivity contribution in [3.63, 3.8) is 0 Å². The van der Waals surface area contributed by atoms with Gasteiger partial charge in [0.2, 0.25) is 0 Å². The van der Waals surface area contributed by atoms with Crippen LogP contribution in [0.15, 0.2) is 97.1 Å². The molecule has 0 aromatic heterocycles. The first-order chi connectivity index (χ1) is 18.8. The third kappa shape index (κ3) is 6.28. The summed E-state index contributed by atoms with van der Waals surface area (Å²) in [5.74, 6) is 1.35. The van der Waals surface area contributed by atoms with E-state index < -0.39 is 10.8 Å². The Labute approximate surface area is 238 Å². The molecule has 0 fully saturated rings. The summed E-state index contributed by atoms with van der Waals surface area (Å²) in [7, 11) is 0. The molecule has 0 saturated carbocycles. The van der Waals surface area contributed by atoms with E-state index in [1.54, 1.807) is 48.5 Å². The van der Waals surface area contributed by atoms with Crippen LogP contribution < -0.4 is 0 Å². The Hall–Kier alpha value is -3.92. The fraction of sp³-hybridized carbons (Fsp3) is 0.333. The van der Waals surface area contributed by atoms with Crippen molar-refractivity contribution in [2.45, 2.75) is 64.7 Å². The number of rotatable bonds is 10. The van der Waals surface area contributed by atoms with Gasteiger partial charge >= 0.3 is 0 Å². The molecule has 0 bridgehead atoms. The van der Waals surface area contributed by atoms with Crippen LogP contribution in [0.25, 0.3) is 0 Å². The van der Waals surface area contributed by atoms with E-state index in [1.807, 2.05) is 48.5 Å². The number of phenolic OH excluding ortho intramolecular Hbond substituents is 4. The molecule has 4 nitrogen and oxygen atoms in total. The molecule has 0 aliphatic carbocycles. The van der Waals surface area contributed by atoms with Gasteiger partial charge in [0.25, 0.3) is 0 Å². The molecule has 0 spiro atoms. The molecule has 0 aliphatic heterocycles. The van der Waals surface area contributed by atoms with Crippen molar-refractivity contribution in [2.75, 3.05) is 0 Å². The van der Waals surface area contributed by atoms with Gasteiger partial charge in [-0.2, -0.15) is 0 Å². The van der Waals surface area contributed by atoms with Crippen molar-refractivity contribution in [2.24, 2.45) is 11.3 Å². The Morgan fingerprint density at radius 3 is 1.07 bits per heavy atom. The van der Waals surface area contributed by atoms with Gasteiger partial charge in [-0.25, -0.2) is 0 Å². The van der Waals surface area contributed by atoms with Gasteiger partial charge < -0.3 is 20.4 Å². The highest BCUT2D eigenvalue weighted by atomic mass is 16.3. The third-order valence-electron chi connectivity index (χ3n) is 8.25. The van der Waals surface area contributed by atoms with Gasteiger partial charge in [0.1, 0.15) is 23.0 Å². The highest BCUT2D eigenvalue weighted by molar-refractivity contribution is 5.49. The second-order valence-electron chi connectivity index (χ2n) is 12.7. The molecular formula is C36H42O4. The molecule has 4 heteroatoms. The molecule has 40 heavy (non-hydrogen) atoms. The summed E-state index contributed by atoms with van der Waals surface area (Å²) < 4.78 is 0. The van der Waals surface area contributed by atoms with Gasteiger partial charge in [-0.3, -0.25) is 0 Å². The molecule has 0 radical (unpaired) electrons. The van der Waals surface area contributed by atoms with Gasteiger partial charge in [-0.1, -0.05) is 83.1 Å². The Balaban J connectivity index is 2.03. The summed E-state index contributed by atoms with van der Waals surface area (Å²) in [6, 6.07) is 29.8. The molecule has 4 N–H and O–H groups in total. The van der Waals surface area contributed by atoms with Crippen LogP contribution in [0.1, 0.15) is 76.1 Å². The highest BCUT2D eigenvalue weighted by Crippen LogP contribution is 2.53. The van der Waals surface area contributed by atoms with Crippen molar-refractivity contribution >= 4 is 0 Å². The predicted molar refractivity (Wildman–Crippen MR) is 162 cm³/mol. The lowest BCUT2D eigenvalue weighted by atomic mass is 9.56. The van der Waals surface area contributed by atoms with Crippen LogP contribution in [0, 0.1) is 11.3 Å². The fourth-order valence-corrected chi connectivity index (χ4v) is 6.83. The molecular weight excluding hydrogens is 496 g/mol. The van der Waals surface area contributed by atoms with Crippen molar-refractivity contribution < 1.29 is 20.4 Å². The summed E-state index contributed by atoms with van der Waals surface area (Å²) in [6.45, 7) is 11.4. The molecule has 0 heterocycles. The summed E-state index contributed by atoms with van der Waals surface area (Å²) in [5, 5.41) is 40.7. The Morgan fingerprint density at radius 1 is 0.475 bits per heavy atom.